The second-order valence-electron chi connectivity index (χ2n) is 10.8. The van der Waals surface area contributed by atoms with Crippen LogP contribution in [0.5, 0.6) is 0 Å². The van der Waals surface area contributed by atoms with Crippen molar-refractivity contribution in [3.05, 3.63) is 64.6 Å². The minimum atomic E-state index is -4.78. The molecule has 44 heavy (non-hydrogen) atoms. The molecule has 3 heterocycles. The number of urea groups is 1. The molecular weight excluding hydrogens is 592 g/mol. The number of halogens is 6. The summed E-state index contributed by atoms with van der Waals surface area (Å²) in [7, 11) is 1.69. The van der Waals surface area contributed by atoms with Gasteiger partial charge in [0.05, 0.1) is 29.6 Å². The van der Waals surface area contributed by atoms with Crippen LogP contribution in [-0.2, 0) is 10.9 Å². The van der Waals surface area contributed by atoms with E-state index in [1.54, 1.807) is 12.1 Å². The molecule has 3 aliphatic heterocycles. The van der Waals surface area contributed by atoms with Gasteiger partial charge in [-0.3, -0.25) is 9.91 Å². The summed E-state index contributed by atoms with van der Waals surface area (Å²) in [5.41, 5.74) is 4.22. The van der Waals surface area contributed by atoms with E-state index in [0.29, 0.717) is 55.0 Å². The fourth-order valence-electron chi connectivity index (χ4n) is 5.88. The Balaban J connectivity index is 1.30. The van der Waals surface area contributed by atoms with Crippen LogP contribution in [0.4, 0.5) is 42.5 Å². The zero-order valence-electron chi connectivity index (χ0n) is 23.7. The highest BCUT2D eigenvalue weighted by atomic mass is 19.4. The molecular formula is C29H31F6N7O2. The number of fused-ring (bicyclic) bond motifs is 1. The van der Waals surface area contributed by atoms with Crippen LogP contribution < -0.4 is 16.4 Å². The number of methoxy groups -OCH3 is 1. The van der Waals surface area contributed by atoms with E-state index < -0.39 is 46.6 Å². The molecule has 2 unspecified atom stereocenters. The molecule has 15 heteroatoms. The highest BCUT2D eigenvalue weighted by Crippen LogP contribution is 2.41. The number of carbonyl (C=O) groups is 1. The number of hydrogen-bond acceptors (Lipinski definition) is 7. The number of hydrazone groups is 1. The maximum absolute atomic E-state index is 15.5. The van der Waals surface area contributed by atoms with Crippen LogP contribution in [0, 0.1) is 17.5 Å². The van der Waals surface area contributed by atoms with Gasteiger partial charge in [-0.2, -0.15) is 18.3 Å². The Bertz CT molecular complexity index is 1510. The van der Waals surface area contributed by atoms with E-state index in [1.807, 2.05) is 10.6 Å². The lowest BCUT2D eigenvalue weighted by Gasteiger charge is -2.28. The van der Waals surface area contributed by atoms with Crippen LogP contribution in [-0.4, -0.2) is 67.0 Å². The minimum Gasteiger partial charge on any atom is -0.383 e. The van der Waals surface area contributed by atoms with Crippen LogP contribution in [0.1, 0.15) is 43.2 Å². The van der Waals surface area contributed by atoms with Crippen LogP contribution >= 0.6 is 0 Å². The maximum Gasteiger partial charge on any atom is 0.416 e. The van der Waals surface area contributed by atoms with E-state index in [9.17, 15) is 22.4 Å². The summed E-state index contributed by atoms with van der Waals surface area (Å²) in [6.45, 7) is 2.51. The topological polar surface area (TPSA) is 108 Å². The van der Waals surface area contributed by atoms with Gasteiger partial charge in [-0.25, -0.2) is 23.0 Å². The molecule has 0 spiro atoms. The van der Waals surface area contributed by atoms with E-state index in [1.165, 1.54) is 6.34 Å². The van der Waals surface area contributed by atoms with Crippen molar-refractivity contribution in [1.29, 1.82) is 0 Å². The van der Waals surface area contributed by atoms with Crippen LogP contribution in [0.2, 0.25) is 0 Å². The summed E-state index contributed by atoms with van der Waals surface area (Å²) in [6.07, 6.45) is 0.545. The maximum atomic E-state index is 15.5. The number of nitrogens with zero attached hydrogens (tertiary/aromatic N) is 4. The fraction of sp³-hybridized carbons (Fsp3) is 0.414. The third-order valence-electron chi connectivity index (χ3n) is 7.93. The second kappa shape index (κ2) is 12.9. The Morgan fingerprint density at radius 3 is 2.55 bits per heavy atom. The van der Waals surface area contributed by atoms with Gasteiger partial charge in [0.2, 0.25) is 0 Å². The Morgan fingerprint density at radius 1 is 1.07 bits per heavy atom. The molecule has 2 aromatic rings. The van der Waals surface area contributed by atoms with Gasteiger partial charge in [0, 0.05) is 24.8 Å². The third-order valence-corrected chi connectivity index (χ3v) is 7.93. The van der Waals surface area contributed by atoms with Gasteiger partial charge in [-0.05, 0) is 75.0 Å². The van der Waals surface area contributed by atoms with E-state index >= 15 is 8.78 Å². The van der Waals surface area contributed by atoms with E-state index in [2.05, 4.69) is 15.0 Å². The molecule has 2 amide bonds. The lowest BCUT2D eigenvalue weighted by molar-refractivity contribution is -0.137. The molecule has 0 aromatic heterocycles. The van der Waals surface area contributed by atoms with Crippen molar-refractivity contribution >= 4 is 35.2 Å². The van der Waals surface area contributed by atoms with Gasteiger partial charge in [0.25, 0.3) is 0 Å². The molecule has 9 nitrogen and oxygen atoms in total. The largest absolute Gasteiger partial charge is 0.416 e. The van der Waals surface area contributed by atoms with Crippen molar-refractivity contribution in [2.24, 2.45) is 15.8 Å². The molecule has 2 aromatic carbocycles. The zero-order valence-corrected chi connectivity index (χ0v) is 23.7. The molecule has 0 radical (unpaired) electrons. The number of nitrogens with two attached hydrogens (primary N) is 1. The summed E-state index contributed by atoms with van der Waals surface area (Å²) in [4.78, 5) is 18.8. The van der Waals surface area contributed by atoms with Crippen molar-refractivity contribution in [3.63, 3.8) is 0 Å². The highest BCUT2D eigenvalue weighted by molar-refractivity contribution is 6.08. The average Bonchev–Trinajstić information content (AvgIpc) is 3.56. The predicted molar refractivity (Wildman–Crippen MR) is 153 cm³/mol. The number of aliphatic imine (C=N–C) groups is 1. The summed E-state index contributed by atoms with van der Waals surface area (Å²) < 4.78 is 89.0. The third kappa shape index (κ3) is 6.68. The van der Waals surface area contributed by atoms with Gasteiger partial charge >= 0.3 is 12.2 Å². The van der Waals surface area contributed by atoms with Gasteiger partial charge in [0.1, 0.15) is 29.5 Å². The molecule has 0 aliphatic carbocycles. The standard InChI is InChI=1S/C29H31F6N7O2/c1-44-14-18-5-3-9-41(18)8-2-4-17-11-20(26-27(36)37-15-38-42(17)26)19-12-23(32)25(13-22(19)31)40-28(43)39-24-10-16(29(33,34)35)6-7-21(24)30/h6-7,10,12-13,15,17-18H,2-5,8-9,11,14H2,1H3,(H2,36,37,38)(H2,39,40,43). The second-order valence-corrected chi connectivity index (χ2v) is 10.8. The number of anilines is 2. The molecule has 5 rings (SSSR count). The van der Waals surface area contributed by atoms with E-state index in [4.69, 9.17) is 10.5 Å². The number of benzene rings is 2. The first-order chi connectivity index (χ1) is 21.0. The molecule has 0 saturated carbocycles. The minimum absolute atomic E-state index is 0.0988. The molecule has 236 valence electrons. The van der Waals surface area contributed by atoms with Crippen molar-refractivity contribution in [1.82, 2.24) is 9.91 Å². The molecule has 0 bridgehead atoms. The summed E-state index contributed by atoms with van der Waals surface area (Å²) in [5, 5.41) is 9.93. The van der Waals surface area contributed by atoms with Gasteiger partial charge in [-0.1, -0.05) is 0 Å². The molecule has 1 fully saturated rings. The number of amidine groups is 1. The van der Waals surface area contributed by atoms with Crippen molar-refractivity contribution in [2.45, 2.75) is 50.4 Å². The summed E-state index contributed by atoms with van der Waals surface area (Å²) in [6, 6.07) is 2.00. The number of ether oxygens (including phenoxy) is 1. The number of nitrogens with one attached hydrogen (secondary N) is 2. The number of carbonyl (C=O) groups excluding carboxylic acids is 1. The first-order valence-corrected chi connectivity index (χ1v) is 14.0. The van der Waals surface area contributed by atoms with E-state index in [-0.39, 0.29) is 17.4 Å². The summed E-state index contributed by atoms with van der Waals surface area (Å²) in [5.74, 6) is -2.97. The Labute approximate surface area is 249 Å². The zero-order chi connectivity index (χ0) is 31.6. The quantitative estimate of drug-likeness (QED) is 0.308. The van der Waals surface area contributed by atoms with Crippen molar-refractivity contribution < 1.29 is 35.9 Å². The molecule has 4 N–H and O–H groups in total. The smallest absolute Gasteiger partial charge is 0.383 e. The highest BCUT2D eigenvalue weighted by Gasteiger charge is 2.37. The first-order valence-electron chi connectivity index (χ1n) is 14.0. The molecule has 2 atom stereocenters. The number of alkyl halides is 3. The number of hydrogen-bond donors (Lipinski definition) is 3. The Kier molecular flexibility index (Phi) is 9.15. The predicted octanol–water partition coefficient (Wildman–Crippen LogP) is 5.76. The normalized spacial score (nSPS) is 20.2. The van der Waals surface area contributed by atoms with Crippen LogP contribution in [0.15, 0.2) is 46.1 Å². The summed E-state index contributed by atoms with van der Waals surface area (Å²) >= 11 is 0. The molecule has 3 aliphatic rings. The molecule has 1 saturated heterocycles. The lowest BCUT2D eigenvalue weighted by atomic mass is 9.97. The number of likely N-dealkylation sites (tertiary alicyclic amines) is 1. The lowest BCUT2D eigenvalue weighted by Crippen LogP contribution is -2.36. The van der Waals surface area contributed by atoms with E-state index in [0.717, 1.165) is 44.5 Å². The fourth-order valence-corrected chi connectivity index (χ4v) is 5.88. The van der Waals surface area contributed by atoms with Crippen molar-refractivity contribution in [2.75, 3.05) is 37.4 Å². The van der Waals surface area contributed by atoms with Gasteiger partial charge in [0.15, 0.2) is 5.84 Å². The van der Waals surface area contributed by atoms with Gasteiger partial charge in [-0.15, -0.1) is 0 Å². The van der Waals surface area contributed by atoms with Gasteiger partial charge < -0.3 is 21.1 Å². The van der Waals surface area contributed by atoms with Crippen LogP contribution in [0.25, 0.3) is 5.57 Å². The SMILES string of the molecule is COCC1CCCN1CCCC1CC(c2cc(F)c(NC(=O)Nc3cc(C(F)(F)F)ccc3F)cc2F)=C2C(N)=NC=NN21. The average molecular weight is 624 g/mol. The number of amides is 2. The van der Waals surface area contributed by atoms with Crippen LogP contribution in [0.3, 0.4) is 0 Å². The number of rotatable bonds is 9. The Hall–Kier alpha value is -4.11. The monoisotopic (exact) mass is 623 g/mol. The first kappa shape index (κ1) is 31.3. The van der Waals surface area contributed by atoms with Crippen molar-refractivity contribution in [3.8, 4) is 0 Å². The Morgan fingerprint density at radius 2 is 1.82 bits per heavy atom.